The molecule has 1 aromatic rings. The molecule has 0 saturated heterocycles. The summed E-state index contributed by atoms with van der Waals surface area (Å²) in [5.41, 5.74) is 10.8. The van der Waals surface area contributed by atoms with Gasteiger partial charge >= 0.3 is 0 Å². The highest BCUT2D eigenvalue weighted by atomic mass is 16.1. The van der Waals surface area contributed by atoms with Crippen LogP contribution >= 0.6 is 0 Å². The average molecular weight is 176 g/mol. The van der Waals surface area contributed by atoms with Gasteiger partial charge in [-0.2, -0.15) is 0 Å². The summed E-state index contributed by atoms with van der Waals surface area (Å²) in [5, 5.41) is 0. The Hall–Kier alpha value is -1.15. The van der Waals surface area contributed by atoms with Crippen molar-refractivity contribution in [3.63, 3.8) is 0 Å². The lowest BCUT2D eigenvalue weighted by Crippen LogP contribution is -2.13. The molecule has 0 amide bonds. The minimum atomic E-state index is -0.624. The monoisotopic (exact) mass is 176 g/mol. The normalized spacial score (nSPS) is 12.5. The summed E-state index contributed by atoms with van der Waals surface area (Å²) in [4.78, 5) is 10.3. The number of nitrogens with one attached hydrogen (secondary N) is 1. The molecule has 2 nitrogen and oxygen atoms in total. The van der Waals surface area contributed by atoms with E-state index in [1.807, 2.05) is 26.0 Å². The van der Waals surface area contributed by atoms with Crippen LogP contribution < -0.4 is 5.73 Å². The van der Waals surface area contributed by atoms with E-state index in [0.29, 0.717) is 12.7 Å². The van der Waals surface area contributed by atoms with Crippen molar-refractivity contribution >= 4 is 6.29 Å². The van der Waals surface area contributed by atoms with Crippen molar-refractivity contribution in [3.8, 4) is 0 Å². The molecule has 2 heteroatoms. The Balaban J connectivity index is 2.82. The zero-order valence-electron chi connectivity index (χ0n) is 8.00. The lowest BCUT2D eigenvalue weighted by molar-refractivity contribution is -0.109. The molecule has 0 aliphatic carbocycles. The molecular weight excluding hydrogens is 162 g/mol. The van der Waals surface area contributed by atoms with Gasteiger partial charge in [-0.15, -0.1) is 0 Å². The van der Waals surface area contributed by atoms with Crippen LogP contribution in [0.4, 0.5) is 0 Å². The van der Waals surface area contributed by atoms with Crippen molar-refractivity contribution in [2.45, 2.75) is 26.3 Å². The van der Waals surface area contributed by atoms with E-state index < -0.39 is 6.04 Å². The number of benzene rings is 1. The second-order valence-corrected chi connectivity index (χ2v) is 3.44. The lowest BCUT2D eigenvalue weighted by Gasteiger charge is -2.05. The molecular formula is C11H14NO. The van der Waals surface area contributed by atoms with Gasteiger partial charge in [0, 0.05) is 0 Å². The summed E-state index contributed by atoms with van der Waals surface area (Å²) < 4.78 is 0. The smallest absolute Gasteiger partial charge is 0.138 e. The van der Waals surface area contributed by atoms with Crippen molar-refractivity contribution in [2.24, 2.45) is 0 Å². The van der Waals surface area contributed by atoms with E-state index in [0.717, 1.165) is 5.56 Å². The van der Waals surface area contributed by atoms with Gasteiger partial charge in [-0.1, -0.05) is 29.3 Å². The molecule has 0 aromatic heterocycles. The zero-order valence-corrected chi connectivity index (χ0v) is 8.00. The highest BCUT2D eigenvalue weighted by Crippen LogP contribution is 2.10. The van der Waals surface area contributed by atoms with Crippen LogP contribution in [-0.4, -0.2) is 12.3 Å². The van der Waals surface area contributed by atoms with E-state index in [1.165, 1.54) is 11.1 Å². The Kier molecular flexibility index (Phi) is 3.20. The molecule has 1 radical (unpaired) electrons. The van der Waals surface area contributed by atoms with Crippen molar-refractivity contribution in [1.29, 1.82) is 0 Å². The maximum atomic E-state index is 10.3. The third-order valence-electron chi connectivity index (χ3n) is 1.90. The fraction of sp³-hybridized carbons (Fsp3) is 0.364. The van der Waals surface area contributed by atoms with E-state index in [2.05, 4.69) is 6.07 Å². The topological polar surface area (TPSA) is 40.9 Å². The van der Waals surface area contributed by atoms with Crippen molar-refractivity contribution < 1.29 is 4.79 Å². The third kappa shape index (κ3) is 2.99. The number of carbonyl (C=O) groups excluding carboxylic acids is 1. The van der Waals surface area contributed by atoms with Gasteiger partial charge in [-0.05, 0) is 25.8 Å². The summed E-state index contributed by atoms with van der Waals surface area (Å²) in [5.74, 6) is 0. The fourth-order valence-electron chi connectivity index (χ4n) is 1.49. The van der Waals surface area contributed by atoms with Gasteiger partial charge < -0.3 is 4.79 Å². The first-order valence-electron chi connectivity index (χ1n) is 4.35. The van der Waals surface area contributed by atoms with Crippen LogP contribution in [0.2, 0.25) is 0 Å². The first-order valence-corrected chi connectivity index (χ1v) is 4.35. The summed E-state index contributed by atoms with van der Waals surface area (Å²) >= 11 is 0. The minimum Gasteiger partial charge on any atom is -0.302 e. The van der Waals surface area contributed by atoms with Gasteiger partial charge in [0.1, 0.15) is 6.29 Å². The van der Waals surface area contributed by atoms with Crippen LogP contribution in [0.1, 0.15) is 16.7 Å². The summed E-state index contributed by atoms with van der Waals surface area (Å²) in [6, 6.07) is 5.51. The number of aldehydes is 1. The molecule has 1 rings (SSSR count). The first kappa shape index (κ1) is 9.93. The molecule has 1 aromatic carbocycles. The summed E-state index contributed by atoms with van der Waals surface area (Å²) in [6.45, 7) is 4.05. The predicted molar refractivity (Wildman–Crippen MR) is 52.6 cm³/mol. The number of rotatable bonds is 3. The Morgan fingerprint density at radius 3 is 2.31 bits per heavy atom. The summed E-state index contributed by atoms with van der Waals surface area (Å²) in [6.07, 6.45) is 1.20. The summed E-state index contributed by atoms with van der Waals surface area (Å²) in [7, 11) is 0. The molecule has 0 spiro atoms. The van der Waals surface area contributed by atoms with Gasteiger partial charge in [-0.3, -0.25) is 0 Å². The SMILES string of the molecule is Cc1cc(C)cc(CC([NH])C=O)c1. The Bertz CT molecular complexity index is 287. The molecule has 1 unspecified atom stereocenters. The molecule has 0 aliphatic heterocycles. The van der Waals surface area contributed by atoms with Crippen molar-refractivity contribution in [2.75, 3.05) is 0 Å². The van der Waals surface area contributed by atoms with Crippen molar-refractivity contribution in [1.82, 2.24) is 5.73 Å². The molecule has 69 valence electrons. The predicted octanol–water partition coefficient (Wildman–Crippen LogP) is 1.70. The molecule has 0 aliphatic rings. The minimum absolute atomic E-state index is 0.520. The Morgan fingerprint density at radius 1 is 1.31 bits per heavy atom. The van der Waals surface area contributed by atoms with Crippen LogP contribution in [0, 0.1) is 13.8 Å². The third-order valence-corrected chi connectivity index (χ3v) is 1.90. The standard InChI is InChI=1S/C11H14NO/c1-8-3-9(2)5-10(4-8)6-11(12)7-13/h3-5,7,11-12H,6H2,1-2H3. The van der Waals surface area contributed by atoms with Crippen LogP contribution in [0.15, 0.2) is 18.2 Å². The van der Waals surface area contributed by atoms with Gasteiger partial charge in [0.05, 0.1) is 6.04 Å². The van der Waals surface area contributed by atoms with E-state index in [9.17, 15) is 4.79 Å². The van der Waals surface area contributed by atoms with E-state index >= 15 is 0 Å². The number of aryl methyl sites for hydroxylation is 2. The van der Waals surface area contributed by atoms with Gasteiger partial charge in [-0.25, -0.2) is 5.73 Å². The second-order valence-electron chi connectivity index (χ2n) is 3.44. The quantitative estimate of drug-likeness (QED) is 0.646. The number of hydrogen-bond donors (Lipinski definition) is 0. The van der Waals surface area contributed by atoms with E-state index in [1.54, 1.807) is 0 Å². The Morgan fingerprint density at radius 2 is 1.85 bits per heavy atom. The second kappa shape index (κ2) is 4.19. The molecule has 1 N–H and O–H groups in total. The number of carbonyl (C=O) groups is 1. The van der Waals surface area contributed by atoms with Crippen LogP contribution in [0.3, 0.4) is 0 Å². The molecule has 0 heterocycles. The number of hydrogen-bond acceptors (Lipinski definition) is 1. The molecule has 0 saturated carbocycles. The highest BCUT2D eigenvalue weighted by molar-refractivity contribution is 5.57. The average Bonchev–Trinajstić information content (AvgIpc) is 2.02. The molecule has 1 atom stereocenters. The Labute approximate surface area is 78.8 Å². The largest absolute Gasteiger partial charge is 0.302 e. The highest BCUT2D eigenvalue weighted by Gasteiger charge is 2.03. The van der Waals surface area contributed by atoms with E-state index in [4.69, 9.17) is 5.73 Å². The van der Waals surface area contributed by atoms with Crippen LogP contribution in [0.5, 0.6) is 0 Å². The lowest BCUT2D eigenvalue weighted by atomic mass is 10.0. The van der Waals surface area contributed by atoms with Crippen molar-refractivity contribution in [3.05, 3.63) is 34.9 Å². The maximum absolute atomic E-state index is 10.3. The fourth-order valence-corrected chi connectivity index (χ4v) is 1.49. The van der Waals surface area contributed by atoms with Crippen LogP contribution in [0.25, 0.3) is 0 Å². The first-order chi connectivity index (χ1) is 6.11. The molecule has 0 fully saturated rings. The van der Waals surface area contributed by atoms with Gasteiger partial charge in [0.25, 0.3) is 0 Å². The zero-order chi connectivity index (χ0) is 9.84. The molecule has 13 heavy (non-hydrogen) atoms. The molecule has 0 bridgehead atoms. The van der Waals surface area contributed by atoms with Crippen LogP contribution in [-0.2, 0) is 11.2 Å². The maximum Gasteiger partial charge on any atom is 0.138 e. The van der Waals surface area contributed by atoms with Gasteiger partial charge in [0.15, 0.2) is 0 Å². The van der Waals surface area contributed by atoms with Gasteiger partial charge in [0.2, 0.25) is 0 Å². The van der Waals surface area contributed by atoms with E-state index in [-0.39, 0.29) is 0 Å².